The van der Waals surface area contributed by atoms with Crippen molar-refractivity contribution in [2.75, 3.05) is 14.2 Å². The monoisotopic (exact) mass is 232 g/mol. The molecule has 0 aliphatic rings. The number of hydrogen-bond donors (Lipinski definition) is 1. The zero-order valence-corrected chi connectivity index (χ0v) is 9.56. The molecule has 0 bridgehead atoms. The molecule has 0 aliphatic heterocycles. The van der Waals surface area contributed by atoms with Crippen LogP contribution in [0.1, 0.15) is 0 Å². The molecule has 1 aromatic carbocycles. The van der Waals surface area contributed by atoms with E-state index < -0.39 is 0 Å². The van der Waals surface area contributed by atoms with Crippen molar-refractivity contribution in [3.63, 3.8) is 0 Å². The molecule has 0 radical (unpaired) electrons. The van der Waals surface area contributed by atoms with E-state index in [2.05, 4.69) is 9.97 Å². The van der Waals surface area contributed by atoms with Crippen molar-refractivity contribution >= 4 is 0 Å². The third-order valence-electron chi connectivity index (χ3n) is 2.38. The Balaban J connectivity index is 2.52. The highest BCUT2D eigenvalue weighted by Gasteiger charge is 2.10. The van der Waals surface area contributed by atoms with Crippen molar-refractivity contribution in [1.29, 1.82) is 0 Å². The first-order chi connectivity index (χ1) is 8.26. The summed E-state index contributed by atoms with van der Waals surface area (Å²) in [6, 6.07) is 7.25. The predicted octanol–water partition coefficient (Wildman–Crippen LogP) is 1.45. The molecule has 5 nitrogen and oxygen atoms in total. The molecule has 0 unspecified atom stereocenters. The molecule has 0 atom stereocenters. The molecule has 5 heteroatoms. The Kier molecular flexibility index (Phi) is 3.09. The maximum absolute atomic E-state index is 11.5. The highest BCUT2D eigenvalue weighted by atomic mass is 16.5. The lowest BCUT2D eigenvalue weighted by molar-refractivity contribution is 0.407. The van der Waals surface area contributed by atoms with Gasteiger partial charge in [0, 0.05) is 5.56 Å². The summed E-state index contributed by atoms with van der Waals surface area (Å²) in [6.45, 7) is 0. The van der Waals surface area contributed by atoms with Crippen LogP contribution in [-0.2, 0) is 0 Å². The normalized spacial score (nSPS) is 10.0. The number of methoxy groups -OCH3 is 2. The molecular formula is C12H12N2O3. The summed E-state index contributed by atoms with van der Waals surface area (Å²) in [5.74, 6) is 0.954. The number of aromatic amines is 1. The van der Waals surface area contributed by atoms with E-state index >= 15 is 0 Å². The minimum Gasteiger partial charge on any atom is -0.497 e. The largest absolute Gasteiger partial charge is 0.497 e. The van der Waals surface area contributed by atoms with Crippen LogP contribution in [0.15, 0.2) is 35.4 Å². The van der Waals surface area contributed by atoms with E-state index in [1.54, 1.807) is 19.2 Å². The first-order valence-electron chi connectivity index (χ1n) is 5.02. The molecule has 0 saturated heterocycles. The highest BCUT2D eigenvalue weighted by Crippen LogP contribution is 2.25. The molecule has 0 spiro atoms. The van der Waals surface area contributed by atoms with Gasteiger partial charge in [-0.15, -0.1) is 0 Å². The summed E-state index contributed by atoms with van der Waals surface area (Å²) in [6.07, 6.45) is 1.35. The Morgan fingerprint density at radius 1 is 1.12 bits per heavy atom. The van der Waals surface area contributed by atoms with E-state index in [9.17, 15) is 4.79 Å². The molecule has 0 fully saturated rings. The SMILES string of the molecule is COc1ccc(-c2nc[nH]c(=O)c2OC)cc1. The van der Waals surface area contributed by atoms with Gasteiger partial charge in [0.2, 0.25) is 5.75 Å². The van der Waals surface area contributed by atoms with Crippen LogP contribution in [0, 0.1) is 0 Å². The van der Waals surface area contributed by atoms with Gasteiger partial charge in [-0.05, 0) is 24.3 Å². The minimum absolute atomic E-state index is 0.206. The topological polar surface area (TPSA) is 64.2 Å². The molecule has 1 N–H and O–H groups in total. The number of nitrogens with one attached hydrogen (secondary N) is 1. The molecule has 0 saturated carbocycles. The maximum Gasteiger partial charge on any atom is 0.293 e. The molecule has 2 rings (SSSR count). The first-order valence-corrected chi connectivity index (χ1v) is 5.02. The zero-order chi connectivity index (χ0) is 12.3. The number of hydrogen-bond acceptors (Lipinski definition) is 4. The number of aromatic nitrogens is 2. The second-order valence-electron chi connectivity index (χ2n) is 3.34. The summed E-state index contributed by atoms with van der Waals surface area (Å²) in [5.41, 5.74) is 1.01. The van der Waals surface area contributed by atoms with Crippen molar-refractivity contribution in [2.24, 2.45) is 0 Å². The minimum atomic E-state index is -0.298. The molecule has 0 amide bonds. The Morgan fingerprint density at radius 2 is 1.82 bits per heavy atom. The van der Waals surface area contributed by atoms with Gasteiger partial charge in [0.25, 0.3) is 5.56 Å². The second-order valence-corrected chi connectivity index (χ2v) is 3.34. The van der Waals surface area contributed by atoms with E-state index in [-0.39, 0.29) is 11.3 Å². The smallest absolute Gasteiger partial charge is 0.293 e. The van der Waals surface area contributed by atoms with Gasteiger partial charge in [0.1, 0.15) is 11.4 Å². The molecular weight excluding hydrogens is 220 g/mol. The fourth-order valence-corrected chi connectivity index (χ4v) is 1.53. The van der Waals surface area contributed by atoms with Gasteiger partial charge >= 0.3 is 0 Å². The lowest BCUT2D eigenvalue weighted by Crippen LogP contribution is -2.11. The lowest BCUT2D eigenvalue weighted by Gasteiger charge is -2.06. The summed E-state index contributed by atoms with van der Waals surface area (Å²) in [7, 11) is 3.04. The number of ether oxygens (including phenoxy) is 2. The fourth-order valence-electron chi connectivity index (χ4n) is 1.53. The van der Waals surface area contributed by atoms with Crippen molar-refractivity contribution in [2.45, 2.75) is 0 Å². The summed E-state index contributed by atoms with van der Waals surface area (Å²) in [5, 5.41) is 0. The van der Waals surface area contributed by atoms with Gasteiger partial charge in [-0.25, -0.2) is 4.98 Å². The fraction of sp³-hybridized carbons (Fsp3) is 0.167. The number of benzene rings is 1. The van der Waals surface area contributed by atoms with Gasteiger partial charge in [-0.3, -0.25) is 4.79 Å². The van der Waals surface area contributed by atoms with Crippen LogP contribution in [0.2, 0.25) is 0 Å². The van der Waals surface area contributed by atoms with Gasteiger partial charge < -0.3 is 14.5 Å². The Bertz CT molecular complexity index is 561. The zero-order valence-electron chi connectivity index (χ0n) is 9.56. The van der Waals surface area contributed by atoms with Gasteiger partial charge in [0.05, 0.1) is 20.5 Å². The van der Waals surface area contributed by atoms with Gasteiger partial charge in [0.15, 0.2) is 0 Å². The Hall–Kier alpha value is -2.30. The lowest BCUT2D eigenvalue weighted by atomic mass is 10.1. The average Bonchev–Trinajstić information content (AvgIpc) is 2.38. The number of H-pyrrole nitrogens is 1. The molecule has 1 heterocycles. The van der Waals surface area contributed by atoms with Crippen LogP contribution in [0.25, 0.3) is 11.3 Å². The Morgan fingerprint density at radius 3 is 2.41 bits per heavy atom. The standard InChI is InChI=1S/C12H12N2O3/c1-16-9-5-3-8(4-6-9)10-11(17-2)12(15)14-7-13-10/h3-7H,1-2H3,(H,13,14,15). The van der Waals surface area contributed by atoms with E-state index in [4.69, 9.17) is 9.47 Å². The summed E-state index contributed by atoms with van der Waals surface area (Å²) >= 11 is 0. The van der Waals surface area contributed by atoms with Crippen LogP contribution >= 0.6 is 0 Å². The van der Waals surface area contributed by atoms with E-state index in [1.165, 1.54) is 13.4 Å². The molecule has 2 aromatic rings. The average molecular weight is 232 g/mol. The molecule has 88 valence electrons. The molecule has 1 aromatic heterocycles. The Labute approximate surface area is 98.0 Å². The van der Waals surface area contributed by atoms with E-state index in [1.807, 2.05) is 12.1 Å². The third kappa shape index (κ3) is 2.13. The van der Waals surface area contributed by atoms with Crippen LogP contribution in [0.4, 0.5) is 0 Å². The maximum atomic E-state index is 11.5. The van der Waals surface area contributed by atoms with E-state index in [0.29, 0.717) is 5.69 Å². The number of nitrogens with zero attached hydrogens (tertiary/aromatic N) is 1. The number of rotatable bonds is 3. The summed E-state index contributed by atoms with van der Waals surface area (Å²) < 4.78 is 10.1. The summed E-state index contributed by atoms with van der Waals surface area (Å²) in [4.78, 5) is 18.1. The van der Waals surface area contributed by atoms with Gasteiger partial charge in [-0.1, -0.05) is 0 Å². The predicted molar refractivity (Wildman–Crippen MR) is 63.4 cm³/mol. The van der Waals surface area contributed by atoms with Crippen LogP contribution in [0.5, 0.6) is 11.5 Å². The van der Waals surface area contributed by atoms with Crippen molar-refractivity contribution < 1.29 is 9.47 Å². The van der Waals surface area contributed by atoms with E-state index in [0.717, 1.165) is 11.3 Å². The van der Waals surface area contributed by atoms with Crippen molar-refractivity contribution in [1.82, 2.24) is 9.97 Å². The van der Waals surface area contributed by atoms with Gasteiger partial charge in [-0.2, -0.15) is 0 Å². The second kappa shape index (κ2) is 4.69. The molecule has 17 heavy (non-hydrogen) atoms. The van der Waals surface area contributed by atoms with Crippen LogP contribution < -0.4 is 15.0 Å². The van der Waals surface area contributed by atoms with Crippen molar-refractivity contribution in [3.05, 3.63) is 40.9 Å². The quantitative estimate of drug-likeness (QED) is 0.870. The van der Waals surface area contributed by atoms with Crippen LogP contribution in [-0.4, -0.2) is 24.2 Å². The molecule has 0 aliphatic carbocycles. The first kappa shape index (κ1) is 11.2. The van der Waals surface area contributed by atoms with Crippen LogP contribution in [0.3, 0.4) is 0 Å². The highest BCUT2D eigenvalue weighted by molar-refractivity contribution is 5.65. The third-order valence-corrected chi connectivity index (χ3v) is 2.38. The van der Waals surface area contributed by atoms with Crippen molar-refractivity contribution in [3.8, 4) is 22.8 Å².